The van der Waals surface area contributed by atoms with Crippen LogP contribution in [0.25, 0.3) is 0 Å². The van der Waals surface area contributed by atoms with Crippen molar-refractivity contribution in [1.82, 2.24) is 4.90 Å². The fraction of sp³-hybridized carbons (Fsp3) is 0.167. The first-order chi connectivity index (χ1) is 14.2. The number of carbonyl (C=O) groups is 2. The van der Waals surface area contributed by atoms with Gasteiger partial charge in [-0.2, -0.15) is 0 Å². The summed E-state index contributed by atoms with van der Waals surface area (Å²) in [6.07, 6.45) is 0.243. The second-order valence-corrected chi connectivity index (χ2v) is 7.19. The molecule has 3 aromatic rings. The van der Waals surface area contributed by atoms with E-state index >= 15 is 0 Å². The van der Waals surface area contributed by atoms with Gasteiger partial charge in [-0.15, -0.1) is 0 Å². The van der Waals surface area contributed by atoms with Crippen LogP contribution in [0, 0.1) is 5.92 Å². The highest BCUT2D eigenvalue weighted by Gasteiger charge is 2.34. The number of benzene rings is 3. The predicted molar refractivity (Wildman–Crippen MR) is 115 cm³/mol. The molecule has 4 rings (SSSR count). The van der Waals surface area contributed by atoms with Crippen molar-refractivity contribution in [3.05, 3.63) is 90.5 Å². The van der Waals surface area contributed by atoms with Crippen LogP contribution in [0.15, 0.2) is 84.9 Å². The van der Waals surface area contributed by atoms with Crippen LogP contribution < -0.4 is 10.6 Å². The van der Waals surface area contributed by atoms with E-state index in [1.807, 2.05) is 84.9 Å². The predicted octanol–water partition coefficient (Wildman–Crippen LogP) is 4.42. The molecule has 1 aliphatic rings. The van der Waals surface area contributed by atoms with Crippen LogP contribution in [0.3, 0.4) is 0 Å². The summed E-state index contributed by atoms with van der Waals surface area (Å²) in [5.74, 6) is -0.461. The van der Waals surface area contributed by atoms with E-state index in [1.165, 1.54) is 0 Å². The minimum atomic E-state index is -0.351. The van der Waals surface area contributed by atoms with Gasteiger partial charge in [-0.1, -0.05) is 60.7 Å². The molecule has 1 aliphatic heterocycles. The minimum absolute atomic E-state index is 0.0182. The minimum Gasteiger partial charge on any atom is -0.354 e. The van der Waals surface area contributed by atoms with Crippen LogP contribution in [0.4, 0.5) is 17.1 Å². The molecular weight excluding hydrogens is 362 g/mol. The van der Waals surface area contributed by atoms with Crippen molar-refractivity contribution in [2.24, 2.45) is 5.92 Å². The molecule has 0 spiro atoms. The van der Waals surface area contributed by atoms with Gasteiger partial charge in [0.2, 0.25) is 11.8 Å². The summed E-state index contributed by atoms with van der Waals surface area (Å²) in [6.45, 7) is 0.976. The number of rotatable bonds is 6. The molecule has 2 amide bonds. The summed E-state index contributed by atoms with van der Waals surface area (Å²) in [4.78, 5) is 27.0. The van der Waals surface area contributed by atoms with Gasteiger partial charge < -0.3 is 15.5 Å². The third-order valence-corrected chi connectivity index (χ3v) is 5.04. The van der Waals surface area contributed by atoms with Gasteiger partial charge in [-0.05, 0) is 29.8 Å². The quantitative estimate of drug-likeness (QED) is 0.660. The van der Waals surface area contributed by atoms with Crippen LogP contribution in [-0.4, -0.2) is 23.3 Å². The van der Waals surface area contributed by atoms with Crippen molar-refractivity contribution >= 4 is 28.9 Å². The molecule has 0 aliphatic carbocycles. The molecule has 1 saturated heterocycles. The molecule has 1 fully saturated rings. The molecule has 3 aromatic carbocycles. The lowest BCUT2D eigenvalue weighted by molar-refractivity contribution is -0.128. The molecule has 5 nitrogen and oxygen atoms in total. The van der Waals surface area contributed by atoms with E-state index < -0.39 is 0 Å². The average molecular weight is 385 g/mol. The molecule has 1 atom stereocenters. The van der Waals surface area contributed by atoms with Crippen LogP contribution in [-0.2, 0) is 16.1 Å². The van der Waals surface area contributed by atoms with Gasteiger partial charge in [0.25, 0.3) is 0 Å². The van der Waals surface area contributed by atoms with E-state index in [1.54, 1.807) is 4.90 Å². The number of anilines is 3. The second kappa shape index (κ2) is 8.61. The van der Waals surface area contributed by atoms with Crippen molar-refractivity contribution in [2.75, 3.05) is 17.2 Å². The van der Waals surface area contributed by atoms with E-state index in [4.69, 9.17) is 0 Å². The number of amides is 2. The number of para-hydroxylation sites is 3. The van der Waals surface area contributed by atoms with Gasteiger partial charge in [0.05, 0.1) is 17.3 Å². The SMILES string of the molecule is O=C(Nc1ccccc1Nc1ccccc1)C1CC(=O)N(Cc2ccccc2)C1. The fourth-order valence-corrected chi connectivity index (χ4v) is 3.52. The van der Waals surface area contributed by atoms with Crippen molar-refractivity contribution in [3.8, 4) is 0 Å². The number of likely N-dealkylation sites (tertiary alicyclic amines) is 1. The molecule has 1 heterocycles. The van der Waals surface area contributed by atoms with Crippen LogP contribution in [0.2, 0.25) is 0 Å². The standard InChI is InChI=1S/C24H23N3O2/c28-23-15-19(17-27(23)16-18-9-3-1-4-10-18)24(29)26-22-14-8-7-13-21(22)25-20-11-5-2-6-12-20/h1-14,19,25H,15-17H2,(H,26,29). The first-order valence-corrected chi connectivity index (χ1v) is 9.73. The topological polar surface area (TPSA) is 61.4 Å². The Morgan fingerprint density at radius 3 is 2.21 bits per heavy atom. The maximum Gasteiger partial charge on any atom is 0.229 e. The maximum absolute atomic E-state index is 12.8. The van der Waals surface area contributed by atoms with Crippen molar-refractivity contribution in [3.63, 3.8) is 0 Å². The van der Waals surface area contributed by atoms with Gasteiger partial charge in [0, 0.05) is 25.2 Å². The van der Waals surface area contributed by atoms with Crippen molar-refractivity contribution in [1.29, 1.82) is 0 Å². The van der Waals surface area contributed by atoms with Gasteiger partial charge in [-0.25, -0.2) is 0 Å². The summed E-state index contributed by atoms with van der Waals surface area (Å²) >= 11 is 0. The summed E-state index contributed by atoms with van der Waals surface area (Å²) < 4.78 is 0. The van der Waals surface area contributed by atoms with Crippen LogP contribution >= 0.6 is 0 Å². The van der Waals surface area contributed by atoms with E-state index in [2.05, 4.69) is 10.6 Å². The van der Waals surface area contributed by atoms with Gasteiger partial charge in [0.15, 0.2) is 0 Å². The normalized spacial score (nSPS) is 15.9. The lowest BCUT2D eigenvalue weighted by atomic mass is 10.1. The smallest absolute Gasteiger partial charge is 0.229 e. The molecule has 1 unspecified atom stereocenters. The molecule has 0 aromatic heterocycles. The highest BCUT2D eigenvalue weighted by atomic mass is 16.2. The maximum atomic E-state index is 12.8. The number of carbonyl (C=O) groups excluding carboxylic acids is 2. The largest absolute Gasteiger partial charge is 0.354 e. The highest BCUT2D eigenvalue weighted by Crippen LogP contribution is 2.27. The number of nitrogens with zero attached hydrogens (tertiary/aromatic N) is 1. The first kappa shape index (κ1) is 18.7. The van der Waals surface area contributed by atoms with Gasteiger partial charge in [-0.3, -0.25) is 9.59 Å². The van der Waals surface area contributed by atoms with Crippen LogP contribution in [0.1, 0.15) is 12.0 Å². The summed E-state index contributed by atoms with van der Waals surface area (Å²) in [7, 11) is 0. The highest BCUT2D eigenvalue weighted by molar-refractivity contribution is 5.99. The second-order valence-electron chi connectivity index (χ2n) is 7.19. The van der Waals surface area contributed by atoms with Gasteiger partial charge in [0.1, 0.15) is 0 Å². The Hall–Kier alpha value is -3.60. The fourth-order valence-electron chi connectivity index (χ4n) is 3.52. The third-order valence-electron chi connectivity index (χ3n) is 5.04. The van der Waals surface area contributed by atoms with Crippen LogP contribution in [0.5, 0.6) is 0 Å². The molecule has 29 heavy (non-hydrogen) atoms. The molecular formula is C24H23N3O2. The molecule has 146 valence electrons. The first-order valence-electron chi connectivity index (χ1n) is 9.73. The lowest BCUT2D eigenvalue weighted by Crippen LogP contribution is -2.28. The zero-order valence-corrected chi connectivity index (χ0v) is 16.0. The Labute approximate surface area is 170 Å². The van der Waals surface area contributed by atoms with Crippen molar-refractivity contribution in [2.45, 2.75) is 13.0 Å². The summed E-state index contributed by atoms with van der Waals surface area (Å²) in [5.41, 5.74) is 3.53. The monoisotopic (exact) mass is 385 g/mol. The third kappa shape index (κ3) is 4.63. The number of hydrogen-bond donors (Lipinski definition) is 2. The van der Waals surface area contributed by atoms with E-state index in [0.717, 1.165) is 16.9 Å². The zero-order valence-electron chi connectivity index (χ0n) is 16.0. The Bertz CT molecular complexity index is 989. The molecule has 0 bridgehead atoms. The average Bonchev–Trinajstić information content (AvgIpc) is 3.11. The molecule has 0 saturated carbocycles. The Morgan fingerprint density at radius 1 is 0.862 bits per heavy atom. The Balaban J connectivity index is 1.42. The summed E-state index contributed by atoms with van der Waals surface area (Å²) in [6, 6.07) is 27.2. The van der Waals surface area contributed by atoms with E-state index in [0.29, 0.717) is 18.8 Å². The molecule has 5 heteroatoms. The number of nitrogens with one attached hydrogen (secondary N) is 2. The Kier molecular flexibility index (Phi) is 5.56. The summed E-state index contributed by atoms with van der Waals surface area (Å²) in [5, 5.41) is 6.32. The van der Waals surface area contributed by atoms with E-state index in [9.17, 15) is 9.59 Å². The van der Waals surface area contributed by atoms with Gasteiger partial charge >= 0.3 is 0 Å². The van der Waals surface area contributed by atoms with E-state index in [-0.39, 0.29) is 24.2 Å². The Morgan fingerprint density at radius 2 is 1.48 bits per heavy atom. The van der Waals surface area contributed by atoms with Crippen molar-refractivity contribution < 1.29 is 9.59 Å². The molecule has 2 N–H and O–H groups in total. The zero-order chi connectivity index (χ0) is 20.1. The molecule has 0 radical (unpaired) electrons. The number of hydrogen-bond acceptors (Lipinski definition) is 3. The lowest BCUT2D eigenvalue weighted by Gasteiger charge is -2.17.